The molecule has 0 fully saturated rings. The number of amides is 1. The van der Waals surface area contributed by atoms with Crippen LogP contribution < -0.4 is 5.32 Å². The maximum atomic E-state index is 11.7. The molecule has 1 aromatic heterocycles. The molecule has 1 N–H and O–H groups in total. The molecular weight excluding hydrogens is 212 g/mol. The van der Waals surface area contributed by atoms with Gasteiger partial charge in [-0.25, -0.2) is 0 Å². The third-order valence-electron chi connectivity index (χ3n) is 1.82. The summed E-state index contributed by atoms with van der Waals surface area (Å²) in [6.07, 6.45) is 8.58. The number of hydrogen-bond donors (Lipinski definition) is 1. The van der Waals surface area contributed by atoms with Crippen LogP contribution in [0.25, 0.3) is 0 Å². The highest BCUT2D eigenvalue weighted by atomic mass is 35.5. The Balaban J connectivity index is 2.70. The molecule has 4 heteroatoms. The molecule has 0 radical (unpaired) electrons. The number of nitrogens with one attached hydrogen (secondary N) is 1. The Hall–Kier alpha value is -1.53. The normalized spacial score (nSPS) is 11.5. The smallest absolute Gasteiger partial charge is 0.253 e. The number of carbonyl (C=O) groups is 1. The lowest BCUT2D eigenvalue weighted by atomic mass is 10.2. The van der Waals surface area contributed by atoms with Crippen LogP contribution in [-0.2, 0) is 0 Å². The first kappa shape index (κ1) is 11.5. The number of nitrogens with zero attached hydrogens (tertiary/aromatic N) is 1. The van der Waals surface area contributed by atoms with Gasteiger partial charge in [-0.2, -0.15) is 0 Å². The van der Waals surface area contributed by atoms with Crippen molar-refractivity contribution >= 4 is 17.5 Å². The molecule has 1 amide bonds. The van der Waals surface area contributed by atoms with Gasteiger partial charge in [0.25, 0.3) is 5.91 Å². The van der Waals surface area contributed by atoms with Crippen molar-refractivity contribution in [2.75, 3.05) is 0 Å². The Morgan fingerprint density at radius 2 is 2.53 bits per heavy atom. The quantitative estimate of drug-likeness (QED) is 0.794. The summed E-state index contributed by atoms with van der Waals surface area (Å²) in [5, 5.41) is 3.08. The fourth-order valence-electron chi connectivity index (χ4n) is 1.09. The molecule has 0 aliphatic rings. The van der Waals surface area contributed by atoms with Gasteiger partial charge in [-0.15, -0.1) is 12.3 Å². The van der Waals surface area contributed by atoms with Gasteiger partial charge in [0.15, 0.2) is 0 Å². The average Bonchev–Trinajstić information content (AvgIpc) is 2.18. The zero-order valence-corrected chi connectivity index (χ0v) is 9.08. The largest absolute Gasteiger partial charge is 0.349 e. The van der Waals surface area contributed by atoms with Crippen LogP contribution in [0.2, 0.25) is 5.02 Å². The van der Waals surface area contributed by atoms with E-state index in [0.29, 0.717) is 17.0 Å². The number of aromatic nitrogens is 1. The molecule has 1 unspecified atom stereocenters. The van der Waals surface area contributed by atoms with Crippen LogP contribution in [0.3, 0.4) is 0 Å². The highest BCUT2D eigenvalue weighted by molar-refractivity contribution is 6.33. The summed E-state index contributed by atoms with van der Waals surface area (Å²) < 4.78 is 0. The first-order valence-electron chi connectivity index (χ1n) is 4.49. The average molecular weight is 223 g/mol. The van der Waals surface area contributed by atoms with Gasteiger partial charge in [-0.05, 0) is 13.0 Å². The molecule has 1 rings (SSSR count). The molecule has 0 spiro atoms. The molecule has 3 nitrogen and oxygen atoms in total. The second kappa shape index (κ2) is 5.38. The number of carbonyl (C=O) groups excluding carboxylic acids is 1. The van der Waals surface area contributed by atoms with E-state index in [2.05, 4.69) is 16.2 Å². The van der Waals surface area contributed by atoms with Crippen LogP contribution in [0, 0.1) is 12.3 Å². The van der Waals surface area contributed by atoms with Crippen molar-refractivity contribution in [2.24, 2.45) is 0 Å². The van der Waals surface area contributed by atoms with Crippen LogP contribution in [0.5, 0.6) is 0 Å². The maximum Gasteiger partial charge on any atom is 0.253 e. The molecule has 0 bridgehead atoms. The van der Waals surface area contributed by atoms with E-state index in [1.165, 1.54) is 12.4 Å². The van der Waals surface area contributed by atoms with E-state index in [0.717, 1.165) is 0 Å². The van der Waals surface area contributed by atoms with Crippen molar-refractivity contribution in [3.63, 3.8) is 0 Å². The molecule has 15 heavy (non-hydrogen) atoms. The van der Waals surface area contributed by atoms with Gasteiger partial charge >= 0.3 is 0 Å². The minimum absolute atomic E-state index is 0.0632. The number of rotatable bonds is 3. The number of halogens is 1. The Morgan fingerprint density at radius 1 is 1.80 bits per heavy atom. The second-order valence-corrected chi connectivity index (χ2v) is 3.55. The van der Waals surface area contributed by atoms with E-state index in [9.17, 15) is 4.79 Å². The molecular formula is C11H11ClN2O. The standard InChI is InChI=1S/C11H11ClN2O/c1-3-4-8(2)14-11(15)9-5-6-13-7-10(9)12/h1,5-8H,4H2,2H3,(H,14,15). The number of hydrogen-bond acceptors (Lipinski definition) is 2. The summed E-state index contributed by atoms with van der Waals surface area (Å²) in [5.41, 5.74) is 0.413. The third kappa shape index (κ3) is 3.26. The van der Waals surface area contributed by atoms with Crippen LogP contribution in [0.15, 0.2) is 18.5 Å². The van der Waals surface area contributed by atoms with Gasteiger partial charge < -0.3 is 5.32 Å². The summed E-state index contributed by atoms with van der Waals surface area (Å²) in [6, 6.07) is 1.51. The fourth-order valence-corrected chi connectivity index (χ4v) is 1.29. The van der Waals surface area contributed by atoms with Crippen LogP contribution in [0.4, 0.5) is 0 Å². The number of pyridine rings is 1. The second-order valence-electron chi connectivity index (χ2n) is 3.14. The Kier molecular flexibility index (Phi) is 4.14. The predicted molar refractivity (Wildman–Crippen MR) is 59.6 cm³/mol. The van der Waals surface area contributed by atoms with Gasteiger partial charge in [-0.3, -0.25) is 9.78 Å². The molecule has 0 aromatic carbocycles. The van der Waals surface area contributed by atoms with Crippen molar-refractivity contribution in [2.45, 2.75) is 19.4 Å². The molecule has 0 saturated heterocycles. The van der Waals surface area contributed by atoms with Crippen molar-refractivity contribution in [1.82, 2.24) is 10.3 Å². The number of terminal acetylenes is 1. The molecule has 1 aromatic rings. The highest BCUT2D eigenvalue weighted by Gasteiger charge is 2.11. The van der Waals surface area contributed by atoms with Crippen LogP contribution >= 0.6 is 11.6 Å². The van der Waals surface area contributed by atoms with Gasteiger partial charge in [-0.1, -0.05) is 11.6 Å². The van der Waals surface area contributed by atoms with E-state index in [-0.39, 0.29) is 11.9 Å². The Bertz CT molecular complexity index is 398. The van der Waals surface area contributed by atoms with Gasteiger partial charge in [0.05, 0.1) is 10.6 Å². The summed E-state index contributed by atoms with van der Waals surface area (Å²) in [7, 11) is 0. The fraction of sp³-hybridized carbons (Fsp3) is 0.273. The summed E-state index contributed by atoms with van der Waals surface area (Å²) in [4.78, 5) is 15.5. The van der Waals surface area contributed by atoms with E-state index in [1.54, 1.807) is 6.07 Å². The van der Waals surface area contributed by atoms with Crippen molar-refractivity contribution in [1.29, 1.82) is 0 Å². The summed E-state index contributed by atoms with van der Waals surface area (Å²) in [6.45, 7) is 1.84. The minimum atomic E-state index is -0.231. The molecule has 1 heterocycles. The van der Waals surface area contributed by atoms with Crippen LogP contribution in [-0.4, -0.2) is 16.9 Å². The Morgan fingerprint density at radius 3 is 3.13 bits per heavy atom. The van der Waals surface area contributed by atoms with Gasteiger partial charge in [0.2, 0.25) is 0 Å². The SMILES string of the molecule is C#CCC(C)NC(=O)c1ccncc1Cl. The van der Waals surface area contributed by atoms with Crippen molar-refractivity contribution in [3.05, 3.63) is 29.0 Å². The molecule has 0 aliphatic carbocycles. The summed E-state index contributed by atoms with van der Waals surface area (Å²) in [5.74, 6) is 2.25. The van der Waals surface area contributed by atoms with E-state index >= 15 is 0 Å². The van der Waals surface area contributed by atoms with E-state index in [4.69, 9.17) is 18.0 Å². The molecule has 0 aliphatic heterocycles. The summed E-state index contributed by atoms with van der Waals surface area (Å²) >= 11 is 5.82. The van der Waals surface area contributed by atoms with Crippen molar-refractivity contribution in [3.8, 4) is 12.3 Å². The molecule has 0 saturated carbocycles. The molecule has 1 atom stereocenters. The third-order valence-corrected chi connectivity index (χ3v) is 2.12. The van der Waals surface area contributed by atoms with E-state index in [1.807, 2.05) is 6.92 Å². The monoisotopic (exact) mass is 222 g/mol. The first-order chi connectivity index (χ1) is 7.15. The predicted octanol–water partition coefficient (Wildman–Crippen LogP) is 1.88. The zero-order valence-electron chi connectivity index (χ0n) is 8.33. The van der Waals surface area contributed by atoms with Crippen LogP contribution in [0.1, 0.15) is 23.7 Å². The van der Waals surface area contributed by atoms with Crippen molar-refractivity contribution < 1.29 is 4.79 Å². The van der Waals surface area contributed by atoms with Gasteiger partial charge in [0.1, 0.15) is 0 Å². The molecule has 78 valence electrons. The lowest BCUT2D eigenvalue weighted by Crippen LogP contribution is -2.32. The lowest BCUT2D eigenvalue weighted by molar-refractivity contribution is 0.0941. The van der Waals surface area contributed by atoms with E-state index < -0.39 is 0 Å². The lowest BCUT2D eigenvalue weighted by Gasteiger charge is -2.11. The maximum absolute atomic E-state index is 11.7. The minimum Gasteiger partial charge on any atom is -0.349 e. The highest BCUT2D eigenvalue weighted by Crippen LogP contribution is 2.13. The topological polar surface area (TPSA) is 42.0 Å². The Labute approximate surface area is 93.9 Å². The first-order valence-corrected chi connectivity index (χ1v) is 4.86. The van der Waals surface area contributed by atoms with Gasteiger partial charge in [0, 0.05) is 24.9 Å². The zero-order chi connectivity index (χ0) is 11.3.